The van der Waals surface area contributed by atoms with Crippen molar-refractivity contribution >= 4 is 22.6 Å². The van der Waals surface area contributed by atoms with E-state index in [2.05, 4.69) is 10.3 Å². The minimum atomic E-state index is -0.349. The molecule has 1 N–H and O–H groups in total. The molecule has 0 spiro atoms. The molecule has 0 amide bonds. The molecular formula is C13H13FN2O2. The number of hydrogen-bond acceptors (Lipinski definition) is 4. The number of benzene rings is 1. The maximum absolute atomic E-state index is 13.1. The summed E-state index contributed by atoms with van der Waals surface area (Å²) < 4.78 is 17.9. The number of hydrogen-bond donors (Lipinski definition) is 1. The zero-order valence-corrected chi connectivity index (χ0v) is 9.94. The Hall–Kier alpha value is -2.17. The number of pyridine rings is 1. The van der Waals surface area contributed by atoms with Crippen molar-refractivity contribution in [2.24, 2.45) is 0 Å². The third-order valence-electron chi connectivity index (χ3n) is 2.43. The zero-order valence-electron chi connectivity index (χ0n) is 9.94. The fraction of sp³-hybridized carbons (Fsp3) is 0.231. The summed E-state index contributed by atoms with van der Waals surface area (Å²) >= 11 is 0. The predicted octanol–water partition coefficient (Wildman–Crippen LogP) is 2.35. The maximum Gasteiger partial charge on any atom is 0.325 e. The normalized spacial score (nSPS) is 10.3. The molecule has 0 aliphatic heterocycles. The number of carbonyl (C=O) groups is 1. The molecule has 0 saturated heterocycles. The van der Waals surface area contributed by atoms with Gasteiger partial charge in [-0.2, -0.15) is 0 Å². The lowest BCUT2D eigenvalue weighted by molar-refractivity contribution is -0.140. The minimum Gasteiger partial charge on any atom is -0.465 e. The third-order valence-corrected chi connectivity index (χ3v) is 2.43. The van der Waals surface area contributed by atoms with Crippen molar-refractivity contribution in [1.29, 1.82) is 0 Å². The molecule has 1 heterocycles. The molecule has 2 rings (SSSR count). The van der Waals surface area contributed by atoms with E-state index in [1.54, 1.807) is 25.3 Å². The minimum absolute atomic E-state index is 0.0390. The van der Waals surface area contributed by atoms with E-state index < -0.39 is 0 Å². The van der Waals surface area contributed by atoms with Crippen LogP contribution in [-0.4, -0.2) is 24.1 Å². The monoisotopic (exact) mass is 248 g/mol. The van der Waals surface area contributed by atoms with Gasteiger partial charge in [0.15, 0.2) is 0 Å². The van der Waals surface area contributed by atoms with E-state index in [0.717, 1.165) is 10.8 Å². The molecule has 18 heavy (non-hydrogen) atoms. The van der Waals surface area contributed by atoms with Crippen LogP contribution in [0.3, 0.4) is 0 Å². The molecule has 1 aromatic heterocycles. The molecule has 0 fully saturated rings. The molecule has 4 nitrogen and oxygen atoms in total. The molecule has 5 heteroatoms. The van der Waals surface area contributed by atoms with E-state index in [4.69, 9.17) is 4.74 Å². The van der Waals surface area contributed by atoms with E-state index in [1.807, 2.05) is 0 Å². The summed E-state index contributed by atoms with van der Waals surface area (Å²) in [5, 5.41) is 4.38. The van der Waals surface area contributed by atoms with Gasteiger partial charge in [-0.25, -0.2) is 9.37 Å². The number of ether oxygens (including phenoxy) is 1. The van der Waals surface area contributed by atoms with Crippen molar-refractivity contribution in [2.45, 2.75) is 6.92 Å². The summed E-state index contributed by atoms with van der Waals surface area (Å²) in [5.41, 5.74) is 0. The SMILES string of the molecule is CCOC(=O)CNc1nccc2cc(F)ccc12. The van der Waals surface area contributed by atoms with Gasteiger partial charge in [0.2, 0.25) is 0 Å². The van der Waals surface area contributed by atoms with Crippen molar-refractivity contribution in [3.8, 4) is 0 Å². The van der Waals surface area contributed by atoms with Gasteiger partial charge < -0.3 is 10.1 Å². The van der Waals surface area contributed by atoms with Crippen LogP contribution in [0.5, 0.6) is 0 Å². The van der Waals surface area contributed by atoms with Crippen molar-refractivity contribution in [3.63, 3.8) is 0 Å². The van der Waals surface area contributed by atoms with E-state index >= 15 is 0 Å². The van der Waals surface area contributed by atoms with E-state index in [1.165, 1.54) is 12.1 Å². The van der Waals surface area contributed by atoms with E-state index in [9.17, 15) is 9.18 Å². The highest BCUT2D eigenvalue weighted by Crippen LogP contribution is 2.21. The molecule has 2 aromatic rings. The molecular weight excluding hydrogens is 235 g/mol. The first kappa shape index (κ1) is 12.3. The first-order chi connectivity index (χ1) is 8.70. The van der Waals surface area contributed by atoms with Crippen LogP contribution in [0, 0.1) is 5.82 Å². The van der Waals surface area contributed by atoms with Crippen LogP contribution in [-0.2, 0) is 9.53 Å². The van der Waals surface area contributed by atoms with Crippen LogP contribution < -0.4 is 5.32 Å². The summed E-state index contributed by atoms with van der Waals surface area (Å²) in [4.78, 5) is 15.4. The highest BCUT2D eigenvalue weighted by Gasteiger charge is 2.06. The highest BCUT2D eigenvalue weighted by atomic mass is 19.1. The van der Waals surface area contributed by atoms with Gasteiger partial charge >= 0.3 is 5.97 Å². The van der Waals surface area contributed by atoms with Crippen molar-refractivity contribution in [1.82, 2.24) is 4.98 Å². The van der Waals surface area contributed by atoms with Gasteiger partial charge in [0, 0.05) is 11.6 Å². The van der Waals surface area contributed by atoms with Crippen LogP contribution in [0.4, 0.5) is 10.2 Å². The second kappa shape index (κ2) is 5.44. The number of aromatic nitrogens is 1. The van der Waals surface area contributed by atoms with E-state index in [0.29, 0.717) is 12.4 Å². The summed E-state index contributed by atoms with van der Waals surface area (Å²) in [7, 11) is 0. The van der Waals surface area contributed by atoms with Gasteiger partial charge in [0.25, 0.3) is 0 Å². The number of anilines is 1. The van der Waals surface area contributed by atoms with E-state index in [-0.39, 0.29) is 18.3 Å². The molecule has 0 aliphatic carbocycles. The van der Waals surface area contributed by atoms with Crippen LogP contribution in [0.1, 0.15) is 6.92 Å². The fourth-order valence-electron chi connectivity index (χ4n) is 1.66. The number of nitrogens with zero attached hydrogens (tertiary/aromatic N) is 1. The topological polar surface area (TPSA) is 51.2 Å². The average molecular weight is 248 g/mol. The van der Waals surface area contributed by atoms with Crippen molar-refractivity contribution in [2.75, 3.05) is 18.5 Å². The summed E-state index contributed by atoms with van der Waals surface area (Å²) in [6.07, 6.45) is 1.56. The number of fused-ring (bicyclic) bond motifs is 1. The summed E-state index contributed by atoms with van der Waals surface area (Å²) in [6, 6.07) is 6.13. The Morgan fingerprint density at radius 3 is 3.06 bits per heavy atom. The molecule has 0 saturated carbocycles. The largest absolute Gasteiger partial charge is 0.465 e. The number of esters is 1. The standard InChI is InChI=1S/C13H13FN2O2/c1-2-18-12(17)8-16-13-11-4-3-10(14)7-9(11)5-6-15-13/h3-7H,2,8H2,1H3,(H,15,16). The number of rotatable bonds is 4. The molecule has 0 atom stereocenters. The van der Waals surface area contributed by atoms with Gasteiger partial charge in [0.1, 0.15) is 18.2 Å². The second-order valence-corrected chi connectivity index (χ2v) is 3.68. The molecule has 0 unspecified atom stereocenters. The van der Waals surface area contributed by atoms with Crippen LogP contribution >= 0.6 is 0 Å². The van der Waals surface area contributed by atoms with Crippen LogP contribution in [0.25, 0.3) is 10.8 Å². The Morgan fingerprint density at radius 2 is 2.28 bits per heavy atom. The molecule has 94 valence electrons. The quantitative estimate of drug-likeness (QED) is 0.844. The van der Waals surface area contributed by atoms with Crippen LogP contribution in [0.2, 0.25) is 0 Å². The fourth-order valence-corrected chi connectivity index (χ4v) is 1.66. The number of carbonyl (C=O) groups excluding carboxylic acids is 1. The first-order valence-corrected chi connectivity index (χ1v) is 5.64. The molecule has 0 bridgehead atoms. The van der Waals surface area contributed by atoms with Crippen molar-refractivity contribution in [3.05, 3.63) is 36.3 Å². The number of nitrogens with one attached hydrogen (secondary N) is 1. The Balaban J connectivity index is 2.20. The first-order valence-electron chi connectivity index (χ1n) is 5.64. The lowest BCUT2D eigenvalue weighted by Crippen LogP contribution is -2.17. The lowest BCUT2D eigenvalue weighted by Gasteiger charge is -2.08. The number of halogens is 1. The predicted molar refractivity (Wildman–Crippen MR) is 66.8 cm³/mol. The Labute approximate surface area is 104 Å². The molecule has 1 aromatic carbocycles. The average Bonchev–Trinajstić information content (AvgIpc) is 2.36. The Kier molecular flexibility index (Phi) is 3.72. The Morgan fingerprint density at radius 1 is 1.44 bits per heavy atom. The molecule has 0 aliphatic rings. The van der Waals surface area contributed by atoms with Gasteiger partial charge in [-0.15, -0.1) is 0 Å². The zero-order chi connectivity index (χ0) is 13.0. The second-order valence-electron chi connectivity index (χ2n) is 3.68. The van der Waals surface area contributed by atoms with Crippen LogP contribution in [0.15, 0.2) is 30.5 Å². The van der Waals surface area contributed by atoms with Crippen molar-refractivity contribution < 1.29 is 13.9 Å². The Bertz CT molecular complexity index is 572. The maximum atomic E-state index is 13.1. The van der Waals surface area contributed by atoms with Gasteiger partial charge in [-0.3, -0.25) is 4.79 Å². The third kappa shape index (κ3) is 2.74. The van der Waals surface area contributed by atoms with Gasteiger partial charge in [0.05, 0.1) is 6.61 Å². The van der Waals surface area contributed by atoms with Gasteiger partial charge in [-0.1, -0.05) is 0 Å². The summed E-state index contributed by atoms with van der Waals surface area (Å²) in [6.45, 7) is 2.13. The lowest BCUT2D eigenvalue weighted by atomic mass is 10.1. The highest BCUT2D eigenvalue weighted by molar-refractivity contribution is 5.92. The van der Waals surface area contributed by atoms with Gasteiger partial charge in [-0.05, 0) is 36.6 Å². The summed E-state index contributed by atoms with van der Waals surface area (Å²) in [5.74, 6) is -0.107. The molecule has 0 radical (unpaired) electrons. The smallest absolute Gasteiger partial charge is 0.325 e.